The van der Waals surface area contributed by atoms with Crippen LogP contribution in [0, 0.1) is 5.92 Å². The lowest BCUT2D eigenvalue weighted by molar-refractivity contribution is 0.0922. The van der Waals surface area contributed by atoms with E-state index in [-0.39, 0.29) is 5.91 Å². The summed E-state index contributed by atoms with van der Waals surface area (Å²) in [5, 5.41) is 6.41. The highest BCUT2D eigenvalue weighted by Crippen LogP contribution is 2.23. The van der Waals surface area contributed by atoms with E-state index in [1.807, 2.05) is 6.92 Å². The van der Waals surface area contributed by atoms with Gasteiger partial charge in [0.05, 0.1) is 17.4 Å². The van der Waals surface area contributed by atoms with E-state index >= 15 is 0 Å². The third-order valence-electron chi connectivity index (χ3n) is 4.11. The van der Waals surface area contributed by atoms with Crippen LogP contribution in [0.15, 0.2) is 18.5 Å². The summed E-state index contributed by atoms with van der Waals surface area (Å²) >= 11 is 0. The molecule has 0 radical (unpaired) electrons. The average Bonchev–Trinajstić information content (AvgIpc) is 2.65. The maximum absolute atomic E-state index is 12.5. The fourth-order valence-corrected chi connectivity index (χ4v) is 2.88. The predicted octanol–water partition coefficient (Wildman–Crippen LogP) is 3.21. The van der Waals surface area contributed by atoms with Crippen molar-refractivity contribution in [1.29, 1.82) is 0 Å². The number of hydrogen-bond donors (Lipinski definition) is 2. The maximum Gasteiger partial charge on any atom is 0.253 e. The molecule has 0 bridgehead atoms. The molecular formula is C16H25N3O. The normalized spacial score (nSPS) is 22.9. The molecule has 1 aliphatic carbocycles. The first-order chi connectivity index (χ1) is 9.72. The topological polar surface area (TPSA) is 54.0 Å². The summed E-state index contributed by atoms with van der Waals surface area (Å²) < 4.78 is 0. The van der Waals surface area contributed by atoms with Gasteiger partial charge in [-0.2, -0.15) is 0 Å². The summed E-state index contributed by atoms with van der Waals surface area (Å²) in [5.41, 5.74) is 1.51. The van der Waals surface area contributed by atoms with Crippen LogP contribution in [0.1, 0.15) is 56.3 Å². The molecule has 2 rings (SSSR count). The van der Waals surface area contributed by atoms with E-state index in [2.05, 4.69) is 22.5 Å². The number of nitrogens with one attached hydrogen (secondary N) is 2. The average molecular weight is 275 g/mol. The van der Waals surface area contributed by atoms with Crippen molar-refractivity contribution in [3.8, 4) is 0 Å². The summed E-state index contributed by atoms with van der Waals surface area (Å²) in [7, 11) is 0. The molecule has 4 heteroatoms. The van der Waals surface area contributed by atoms with E-state index in [1.54, 1.807) is 18.5 Å². The summed E-state index contributed by atoms with van der Waals surface area (Å²) in [6, 6.07) is 2.09. The van der Waals surface area contributed by atoms with Gasteiger partial charge in [-0.25, -0.2) is 0 Å². The van der Waals surface area contributed by atoms with Gasteiger partial charge in [0.25, 0.3) is 5.91 Å². The maximum atomic E-state index is 12.5. The first-order valence-corrected chi connectivity index (χ1v) is 7.71. The highest BCUT2D eigenvalue weighted by molar-refractivity contribution is 5.99. The van der Waals surface area contributed by atoms with Gasteiger partial charge < -0.3 is 10.6 Å². The molecule has 1 aromatic heterocycles. The molecule has 2 N–H and O–H groups in total. The number of aromatic nitrogens is 1. The fourth-order valence-electron chi connectivity index (χ4n) is 2.88. The highest BCUT2D eigenvalue weighted by Gasteiger charge is 2.22. The van der Waals surface area contributed by atoms with E-state index in [9.17, 15) is 4.79 Å². The summed E-state index contributed by atoms with van der Waals surface area (Å²) in [6.45, 7) is 5.04. The van der Waals surface area contributed by atoms with Crippen LogP contribution in [0.25, 0.3) is 0 Å². The molecule has 20 heavy (non-hydrogen) atoms. The Morgan fingerprint density at radius 2 is 2.15 bits per heavy atom. The second-order valence-electron chi connectivity index (χ2n) is 5.65. The molecule has 4 nitrogen and oxygen atoms in total. The molecule has 1 heterocycles. The van der Waals surface area contributed by atoms with Crippen LogP contribution in [0.4, 0.5) is 5.69 Å². The van der Waals surface area contributed by atoms with Crippen molar-refractivity contribution in [2.45, 2.75) is 52.0 Å². The van der Waals surface area contributed by atoms with Gasteiger partial charge in [-0.05, 0) is 31.7 Å². The summed E-state index contributed by atoms with van der Waals surface area (Å²) in [5.74, 6) is 0.577. The molecular weight excluding hydrogens is 250 g/mol. The minimum absolute atomic E-state index is 0.0158. The van der Waals surface area contributed by atoms with Crippen LogP contribution < -0.4 is 10.6 Å². The number of carbonyl (C=O) groups is 1. The van der Waals surface area contributed by atoms with Gasteiger partial charge in [-0.15, -0.1) is 0 Å². The minimum atomic E-state index is 0.0158. The number of amides is 1. The second-order valence-corrected chi connectivity index (χ2v) is 5.65. The van der Waals surface area contributed by atoms with Crippen molar-refractivity contribution in [2.75, 3.05) is 11.9 Å². The zero-order valence-electron chi connectivity index (χ0n) is 12.5. The fraction of sp³-hybridized carbons (Fsp3) is 0.625. The third-order valence-corrected chi connectivity index (χ3v) is 4.11. The van der Waals surface area contributed by atoms with Crippen molar-refractivity contribution in [1.82, 2.24) is 10.3 Å². The molecule has 1 amide bonds. The van der Waals surface area contributed by atoms with Gasteiger partial charge in [0, 0.05) is 18.8 Å². The van der Waals surface area contributed by atoms with Gasteiger partial charge in [-0.1, -0.05) is 26.2 Å². The number of nitrogens with zero attached hydrogens (tertiary/aromatic N) is 1. The second kappa shape index (κ2) is 7.27. The van der Waals surface area contributed by atoms with Crippen molar-refractivity contribution >= 4 is 11.6 Å². The minimum Gasteiger partial charge on any atom is -0.383 e. The van der Waals surface area contributed by atoms with Gasteiger partial charge in [0.15, 0.2) is 0 Å². The molecule has 110 valence electrons. The van der Waals surface area contributed by atoms with Crippen molar-refractivity contribution in [2.24, 2.45) is 5.92 Å². The number of rotatable bonds is 4. The van der Waals surface area contributed by atoms with Gasteiger partial charge in [-0.3, -0.25) is 9.78 Å². The molecule has 0 spiro atoms. The highest BCUT2D eigenvalue weighted by atomic mass is 16.1. The van der Waals surface area contributed by atoms with Crippen LogP contribution in [0.5, 0.6) is 0 Å². The van der Waals surface area contributed by atoms with E-state index in [0.29, 0.717) is 17.5 Å². The largest absolute Gasteiger partial charge is 0.383 e. The van der Waals surface area contributed by atoms with Crippen LogP contribution in [0.2, 0.25) is 0 Å². The summed E-state index contributed by atoms with van der Waals surface area (Å²) in [4.78, 5) is 16.6. The molecule has 0 aromatic carbocycles. The number of anilines is 1. The SMILES string of the molecule is CCNc1cnccc1C(=O)NC1CCCCCC1C. The lowest BCUT2D eigenvalue weighted by Gasteiger charge is -2.23. The van der Waals surface area contributed by atoms with Crippen molar-refractivity contribution in [3.63, 3.8) is 0 Å². The van der Waals surface area contributed by atoms with Crippen LogP contribution in [-0.2, 0) is 0 Å². The van der Waals surface area contributed by atoms with Crippen LogP contribution in [-0.4, -0.2) is 23.5 Å². The Balaban J connectivity index is 2.07. The quantitative estimate of drug-likeness (QED) is 0.830. The van der Waals surface area contributed by atoms with Gasteiger partial charge in [0.2, 0.25) is 0 Å². The van der Waals surface area contributed by atoms with Crippen LogP contribution >= 0.6 is 0 Å². The number of hydrogen-bond acceptors (Lipinski definition) is 3. The molecule has 0 aliphatic heterocycles. The first-order valence-electron chi connectivity index (χ1n) is 7.71. The zero-order valence-corrected chi connectivity index (χ0v) is 12.5. The lowest BCUT2D eigenvalue weighted by Crippen LogP contribution is -2.39. The van der Waals surface area contributed by atoms with Crippen molar-refractivity contribution in [3.05, 3.63) is 24.0 Å². The number of pyridine rings is 1. The molecule has 2 atom stereocenters. The number of carbonyl (C=O) groups excluding carboxylic acids is 1. The monoisotopic (exact) mass is 275 g/mol. The third kappa shape index (κ3) is 3.71. The zero-order chi connectivity index (χ0) is 14.4. The molecule has 1 saturated carbocycles. The molecule has 1 aromatic rings. The van der Waals surface area contributed by atoms with E-state index < -0.39 is 0 Å². The molecule has 0 saturated heterocycles. The van der Waals surface area contributed by atoms with Gasteiger partial charge in [0.1, 0.15) is 0 Å². The molecule has 1 aliphatic rings. The lowest BCUT2D eigenvalue weighted by atomic mass is 9.96. The Kier molecular flexibility index (Phi) is 5.39. The Labute approximate surface area is 121 Å². The summed E-state index contributed by atoms with van der Waals surface area (Å²) in [6.07, 6.45) is 9.48. The van der Waals surface area contributed by atoms with E-state index in [0.717, 1.165) is 18.7 Å². The Morgan fingerprint density at radius 1 is 1.35 bits per heavy atom. The standard InChI is InChI=1S/C16H25N3O/c1-3-18-15-11-17-10-9-13(15)16(20)19-14-8-6-4-5-7-12(14)2/h9-12,14,18H,3-8H2,1-2H3,(H,19,20). The van der Waals surface area contributed by atoms with Gasteiger partial charge >= 0.3 is 0 Å². The Bertz CT molecular complexity index is 447. The Hall–Kier alpha value is -1.58. The predicted molar refractivity (Wildman–Crippen MR) is 81.9 cm³/mol. The first kappa shape index (κ1) is 14.8. The van der Waals surface area contributed by atoms with Crippen LogP contribution in [0.3, 0.4) is 0 Å². The van der Waals surface area contributed by atoms with E-state index in [1.165, 1.54) is 25.7 Å². The van der Waals surface area contributed by atoms with E-state index in [4.69, 9.17) is 0 Å². The Morgan fingerprint density at radius 3 is 2.95 bits per heavy atom. The van der Waals surface area contributed by atoms with Crippen molar-refractivity contribution < 1.29 is 4.79 Å². The molecule has 2 unspecified atom stereocenters. The molecule has 1 fully saturated rings. The smallest absolute Gasteiger partial charge is 0.253 e.